The molecule has 1 aliphatic heterocycles. The molecule has 0 aliphatic carbocycles. The number of hydrogen-bond acceptors (Lipinski definition) is 6. The SMILES string of the molecule is Cc1ccc(S(=O)(=O)N(CC(=O)Nc2ccc(S(=O)(=O)N3CCOCC3)cc2)c2cc(Cl)cc(Cl)c2)cc1. The number of carbonyl (C=O) groups is 1. The monoisotopic (exact) mass is 597 g/mol. The number of hydrogen-bond donors (Lipinski definition) is 1. The molecule has 1 heterocycles. The molecule has 38 heavy (non-hydrogen) atoms. The van der Waals surface area contributed by atoms with Crippen LogP contribution in [0.5, 0.6) is 0 Å². The molecule has 0 aromatic heterocycles. The standard InChI is InChI=1S/C25H25Cl2N3O6S2/c1-18-2-6-24(7-3-18)38(34,35)30(22-15-19(26)14-20(27)16-22)17-25(31)28-21-4-8-23(9-5-21)37(32,33)29-10-12-36-13-11-29/h2-9,14-16H,10-13,17H2,1H3,(H,28,31). The molecule has 0 spiro atoms. The van der Waals surface area contributed by atoms with Gasteiger partial charge in [-0.2, -0.15) is 4.31 Å². The summed E-state index contributed by atoms with van der Waals surface area (Å²) >= 11 is 12.2. The number of rotatable bonds is 8. The van der Waals surface area contributed by atoms with E-state index in [9.17, 15) is 21.6 Å². The maximum atomic E-state index is 13.5. The largest absolute Gasteiger partial charge is 0.379 e. The summed E-state index contributed by atoms with van der Waals surface area (Å²) in [4.78, 5) is 13.1. The van der Waals surface area contributed by atoms with Gasteiger partial charge in [-0.15, -0.1) is 0 Å². The Bertz CT molecular complexity index is 1500. The molecule has 0 atom stereocenters. The molecule has 1 N–H and O–H groups in total. The van der Waals surface area contributed by atoms with Crippen molar-refractivity contribution < 1.29 is 26.4 Å². The number of nitrogens with zero attached hydrogens (tertiary/aromatic N) is 2. The first kappa shape index (κ1) is 28.3. The Balaban J connectivity index is 1.57. The Labute approximate surface area is 232 Å². The fourth-order valence-corrected chi connectivity index (χ4v) is 7.14. The smallest absolute Gasteiger partial charge is 0.264 e. The zero-order valence-corrected chi connectivity index (χ0v) is 23.4. The van der Waals surface area contributed by atoms with Crippen LogP contribution in [0.3, 0.4) is 0 Å². The fraction of sp³-hybridized carbons (Fsp3) is 0.240. The van der Waals surface area contributed by atoms with Gasteiger partial charge in [0.15, 0.2) is 0 Å². The minimum Gasteiger partial charge on any atom is -0.379 e. The molecule has 0 bridgehead atoms. The molecule has 1 aliphatic rings. The Kier molecular flexibility index (Phi) is 8.65. The van der Waals surface area contributed by atoms with Gasteiger partial charge in [0.2, 0.25) is 15.9 Å². The Morgan fingerprint density at radius 1 is 0.895 bits per heavy atom. The first-order valence-electron chi connectivity index (χ1n) is 11.5. The highest BCUT2D eigenvalue weighted by Gasteiger charge is 2.29. The maximum absolute atomic E-state index is 13.5. The Hall–Kier alpha value is -2.67. The lowest BCUT2D eigenvalue weighted by atomic mass is 10.2. The van der Waals surface area contributed by atoms with Gasteiger partial charge < -0.3 is 10.1 Å². The minimum atomic E-state index is -4.17. The fourth-order valence-electron chi connectivity index (χ4n) is 3.81. The Morgan fingerprint density at radius 2 is 1.45 bits per heavy atom. The van der Waals surface area contributed by atoms with Crippen LogP contribution in [0.1, 0.15) is 5.56 Å². The van der Waals surface area contributed by atoms with Crippen LogP contribution in [0, 0.1) is 6.92 Å². The summed E-state index contributed by atoms with van der Waals surface area (Å²) in [5.41, 5.74) is 1.29. The molecular formula is C25H25Cl2N3O6S2. The Morgan fingerprint density at radius 3 is 2.03 bits per heavy atom. The third kappa shape index (κ3) is 6.48. The molecule has 0 radical (unpaired) electrons. The van der Waals surface area contributed by atoms with Crippen LogP contribution in [0.4, 0.5) is 11.4 Å². The van der Waals surface area contributed by atoms with E-state index >= 15 is 0 Å². The molecule has 3 aromatic rings. The summed E-state index contributed by atoms with van der Waals surface area (Å²) in [6.45, 7) is 2.43. The third-order valence-corrected chi connectivity index (χ3v) is 9.91. The second-order valence-electron chi connectivity index (χ2n) is 8.54. The lowest BCUT2D eigenvalue weighted by Crippen LogP contribution is -2.40. The number of morpholine rings is 1. The number of sulfonamides is 2. The molecular weight excluding hydrogens is 573 g/mol. The molecule has 0 unspecified atom stereocenters. The first-order valence-corrected chi connectivity index (χ1v) is 15.1. The number of nitrogens with one attached hydrogen (secondary N) is 1. The average molecular weight is 599 g/mol. The van der Waals surface area contributed by atoms with Gasteiger partial charge in [0.25, 0.3) is 10.0 Å². The van der Waals surface area contributed by atoms with Crippen molar-refractivity contribution >= 4 is 60.5 Å². The van der Waals surface area contributed by atoms with E-state index in [0.717, 1.165) is 9.87 Å². The molecule has 202 valence electrons. The highest BCUT2D eigenvalue weighted by atomic mass is 35.5. The lowest BCUT2D eigenvalue weighted by Gasteiger charge is -2.26. The average Bonchev–Trinajstić information content (AvgIpc) is 2.88. The van der Waals surface area contributed by atoms with Gasteiger partial charge in [0.1, 0.15) is 6.54 Å². The predicted molar refractivity (Wildman–Crippen MR) is 147 cm³/mol. The first-order chi connectivity index (χ1) is 18.0. The number of aryl methyl sites for hydroxylation is 1. The van der Waals surface area contributed by atoms with Crippen molar-refractivity contribution in [3.63, 3.8) is 0 Å². The van der Waals surface area contributed by atoms with E-state index in [0.29, 0.717) is 18.9 Å². The summed E-state index contributed by atoms with van der Waals surface area (Å²) in [7, 11) is -7.87. The second-order valence-corrected chi connectivity index (χ2v) is 13.2. The third-order valence-electron chi connectivity index (χ3n) is 5.78. The van der Waals surface area contributed by atoms with Gasteiger partial charge in [0, 0.05) is 28.8 Å². The zero-order chi connectivity index (χ0) is 27.5. The topological polar surface area (TPSA) is 113 Å². The molecule has 1 fully saturated rings. The van der Waals surface area contributed by atoms with Crippen LogP contribution in [0.15, 0.2) is 76.5 Å². The molecule has 1 saturated heterocycles. The van der Waals surface area contributed by atoms with Crippen LogP contribution in [-0.4, -0.2) is 59.9 Å². The normalized spacial score (nSPS) is 14.7. The highest BCUT2D eigenvalue weighted by molar-refractivity contribution is 7.92. The van der Waals surface area contributed by atoms with Crippen molar-refractivity contribution in [1.29, 1.82) is 0 Å². The quantitative estimate of drug-likeness (QED) is 0.417. The van der Waals surface area contributed by atoms with Gasteiger partial charge in [-0.05, 0) is 61.5 Å². The van der Waals surface area contributed by atoms with Crippen molar-refractivity contribution in [3.05, 3.63) is 82.3 Å². The summed E-state index contributed by atoms with van der Waals surface area (Å²) in [5, 5.41) is 3.03. The van der Waals surface area contributed by atoms with E-state index in [1.54, 1.807) is 12.1 Å². The number of benzene rings is 3. The molecule has 9 nitrogen and oxygen atoms in total. The number of carbonyl (C=O) groups excluding carboxylic acids is 1. The van der Waals surface area contributed by atoms with Crippen molar-refractivity contribution in [3.8, 4) is 0 Å². The van der Waals surface area contributed by atoms with Crippen LogP contribution in [0.2, 0.25) is 10.0 Å². The molecule has 3 aromatic carbocycles. The molecule has 13 heteroatoms. The molecule has 4 rings (SSSR count). The molecule has 1 amide bonds. The van der Waals surface area contributed by atoms with Crippen LogP contribution in [0.25, 0.3) is 0 Å². The van der Waals surface area contributed by atoms with E-state index in [-0.39, 0.29) is 38.6 Å². The van der Waals surface area contributed by atoms with Crippen molar-refractivity contribution in [1.82, 2.24) is 4.31 Å². The number of halogens is 2. The summed E-state index contributed by atoms with van der Waals surface area (Å²) in [5.74, 6) is -0.652. The van der Waals surface area contributed by atoms with Gasteiger partial charge in [-0.25, -0.2) is 16.8 Å². The lowest BCUT2D eigenvalue weighted by molar-refractivity contribution is -0.114. The second kappa shape index (κ2) is 11.6. The zero-order valence-electron chi connectivity index (χ0n) is 20.3. The summed E-state index contributed by atoms with van der Waals surface area (Å²) < 4.78 is 60.2. The van der Waals surface area contributed by atoms with E-state index in [4.69, 9.17) is 27.9 Å². The van der Waals surface area contributed by atoms with Crippen LogP contribution in [-0.2, 0) is 29.6 Å². The number of amides is 1. The van der Waals surface area contributed by atoms with Crippen LogP contribution >= 0.6 is 23.2 Å². The highest BCUT2D eigenvalue weighted by Crippen LogP contribution is 2.30. The number of ether oxygens (including phenoxy) is 1. The van der Waals surface area contributed by atoms with E-state index in [2.05, 4.69) is 5.32 Å². The van der Waals surface area contributed by atoms with E-state index < -0.39 is 32.5 Å². The summed E-state index contributed by atoms with van der Waals surface area (Å²) in [6.07, 6.45) is 0. The van der Waals surface area contributed by atoms with Crippen LogP contribution < -0.4 is 9.62 Å². The maximum Gasteiger partial charge on any atom is 0.264 e. The van der Waals surface area contributed by atoms with Gasteiger partial charge in [-0.1, -0.05) is 40.9 Å². The number of anilines is 2. The van der Waals surface area contributed by atoms with E-state index in [1.165, 1.54) is 58.9 Å². The van der Waals surface area contributed by atoms with Gasteiger partial charge in [-0.3, -0.25) is 9.10 Å². The molecule has 0 saturated carbocycles. The predicted octanol–water partition coefficient (Wildman–Crippen LogP) is 4.16. The van der Waals surface area contributed by atoms with Gasteiger partial charge >= 0.3 is 0 Å². The minimum absolute atomic E-state index is 0.00956. The van der Waals surface area contributed by atoms with Crippen molar-refractivity contribution in [2.75, 3.05) is 42.5 Å². The van der Waals surface area contributed by atoms with Gasteiger partial charge in [0.05, 0.1) is 28.7 Å². The van der Waals surface area contributed by atoms with Crippen molar-refractivity contribution in [2.24, 2.45) is 0 Å². The summed E-state index contributed by atoms with van der Waals surface area (Å²) in [6, 6.07) is 16.1. The van der Waals surface area contributed by atoms with E-state index in [1.807, 2.05) is 6.92 Å². The van der Waals surface area contributed by atoms with Crippen molar-refractivity contribution in [2.45, 2.75) is 16.7 Å².